The molecule has 0 bridgehead atoms. The number of carbonyl (C=O) groups excluding carboxylic acids is 3. The van der Waals surface area contributed by atoms with Gasteiger partial charge in [0, 0.05) is 30.5 Å². The van der Waals surface area contributed by atoms with Crippen LogP contribution in [0.25, 0.3) is 0 Å². The quantitative estimate of drug-likeness (QED) is 0.117. The summed E-state index contributed by atoms with van der Waals surface area (Å²) < 4.78 is 0. The Labute approximate surface area is 205 Å². The molecule has 0 spiro atoms. The Balaban J connectivity index is 2.89. The average molecular weight is 519 g/mol. The number of hydrogen-bond donors (Lipinski definition) is 8. The van der Waals surface area contributed by atoms with E-state index in [9.17, 15) is 29.1 Å². The molecule has 190 valence electrons. The van der Waals surface area contributed by atoms with Crippen LogP contribution in [0.2, 0.25) is 0 Å². The maximum absolute atomic E-state index is 12.9. The van der Waals surface area contributed by atoms with Crippen molar-refractivity contribution in [1.82, 2.24) is 25.9 Å². The Morgan fingerprint density at radius 3 is 2.21 bits per heavy atom. The van der Waals surface area contributed by atoms with Crippen molar-refractivity contribution >= 4 is 54.1 Å². The van der Waals surface area contributed by atoms with Gasteiger partial charge in [0.1, 0.15) is 18.1 Å². The largest absolute Gasteiger partial charge is 0.481 e. The summed E-state index contributed by atoms with van der Waals surface area (Å²) in [4.78, 5) is 66.7. The fourth-order valence-electron chi connectivity index (χ4n) is 2.74. The lowest BCUT2D eigenvalue weighted by atomic mass is 10.1. The molecule has 0 saturated carbocycles. The second-order valence-corrected chi connectivity index (χ2v) is 8.66. The second-order valence-electron chi connectivity index (χ2n) is 7.31. The zero-order valence-electron chi connectivity index (χ0n) is 18.5. The van der Waals surface area contributed by atoms with Crippen molar-refractivity contribution in [2.24, 2.45) is 5.73 Å². The first kappa shape index (κ1) is 29.3. The fraction of sp³-hybridized carbons (Fsp3) is 0.579. The normalized spacial score (nSPS) is 14.3. The minimum absolute atomic E-state index is 0.0318. The van der Waals surface area contributed by atoms with Crippen LogP contribution in [0.1, 0.15) is 25.0 Å². The van der Waals surface area contributed by atoms with Crippen molar-refractivity contribution in [3.05, 3.63) is 18.2 Å². The molecule has 1 rings (SSSR count). The van der Waals surface area contributed by atoms with Crippen LogP contribution in [0.4, 0.5) is 0 Å². The number of carboxylic acids is 2. The molecule has 4 atom stereocenters. The Kier molecular flexibility index (Phi) is 13.1. The number of nitrogens with one attached hydrogen (secondary N) is 4. The van der Waals surface area contributed by atoms with Crippen LogP contribution in [0, 0.1) is 0 Å². The topological polar surface area (TPSA) is 217 Å². The summed E-state index contributed by atoms with van der Waals surface area (Å²) in [6, 6.07) is -4.64. The molecule has 0 aliphatic heterocycles. The van der Waals surface area contributed by atoms with E-state index >= 15 is 0 Å². The van der Waals surface area contributed by atoms with Crippen LogP contribution in [-0.4, -0.2) is 91.8 Å². The first-order chi connectivity index (χ1) is 16.1. The number of amides is 3. The summed E-state index contributed by atoms with van der Waals surface area (Å²) in [7, 11) is 0. The highest BCUT2D eigenvalue weighted by molar-refractivity contribution is 7.98. The van der Waals surface area contributed by atoms with Crippen molar-refractivity contribution in [2.75, 3.05) is 17.8 Å². The van der Waals surface area contributed by atoms with E-state index in [4.69, 9.17) is 10.8 Å². The molecule has 0 fully saturated rings. The van der Waals surface area contributed by atoms with E-state index in [2.05, 4.69) is 38.5 Å². The molecule has 0 radical (unpaired) electrons. The number of nitrogens with two attached hydrogens (primary N) is 1. The van der Waals surface area contributed by atoms with Crippen LogP contribution >= 0.6 is 24.4 Å². The number of rotatable bonds is 16. The smallest absolute Gasteiger partial charge is 0.326 e. The maximum Gasteiger partial charge on any atom is 0.326 e. The van der Waals surface area contributed by atoms with E-state index in [1.807, 2.05) is 6.26 Å². The molecule has 8 N–H and O–H groups in total. The molecule has 15 heteroatoms. The number of hydrogen-bond acceptors (Lipinski definition) is 9. The van der Waals surface area contributed by atoms with E-state index in [0.29, 0.717) is 17.9 Å². The summed E-state index contributed by atoms with van der Waals surface area (Å²) in [6.07, 6.45) is 4.38. The Morgan fingerprint density at radius 1 is 1.06 bits per heavy atom. The van der Waals surface area contributed by atoms with Gasteiger partial charge in [-0.1, -0.05) is 0 Å². The van der Waals surface area contributed by atoms with E-state index in [-0.39, 0.29) is 18.6 Å². The van der Waals surface area contributed by atoms with Gasteiger partial charge in [-0.3, -0.25) is 19.2 Å². The highest BCUT2D eigenvalue weighted by atomic mass is 32.2. The van der Waals surface area contributed by atoms with E-state index in [0.717, 1.165) is 0 Å². The molecule has 1 aromatic heterocycles. The van der Waals surface area contributed by atoms with Crippen LogP contribution < -0.4 is 21.7 Å². The summed E-state index contributed by atoms with van der Waals surface area (Å²) in [6.45, 7) is 0. The molecular formula is C19H30N6O7S2. The predicted molar refractivity (Wildman–Crippen MR) is 127 cm³/mol. The molecule has 0 aliphatic carbocycles. The van der Waals surface area contributed by atoms with Crippen molar-refractivity contribution in [3.8, 4) is 0 Å². The average Bonchev–Trinajstić information content (AvgIpc) is 3.30. The lowest BCUT2D eigenvalue weighted by Crippen LogP contribution is -2.58. The molecular weight excluding hydrogens is 488 g/mol. The standard InChI is InChI=1S/C19H30N6O7S2/c1-34-5-4-11(20)16(28)24-13(6-10-7-21-9-22-10)17(29)25-14(8-33)18(30)23-12(19(31)32)2-3-15(26)27/h7,9,11-14,33H,2-6,8,20H2,1H3,(H,21,22)(H,23,30)(H,24,28)(H,25,29)(H,26,27)(H,31,32). The SMILES string of the molecule is CSCCC(N)C(=O)NC(Cc1cnc[nH]1)C(=O)NC(CS)C(=O)NC(CCC(=O)O)C(=O)O. The molecule has 1 heterocycles. The van der Waals surface area contributed by atoms with Crippen molar-refractivity contribution in [1.29, 1.82) is 0 Å². The van der Waals surface area contributed by atoms with Crippen LogP contribution in [0.3, 0.4) is 0 Å². The monoisotopic (exact) mass is 518 g/mol. The summed E-state index contributed by atoms with van der Waals surface area (Å²) in [5.74, 6) is -4.27. The number of thioether (sulfide) groups is 1. The Morgan fingerprint density at radius 2 is 1.68 bits per heavy atom. The lowest BCUT2D eigenvalue weighted by molar-refractivity contribution is -0.143. The summed E-state index contributed by atoms with van der Waals surface area (Å²) >= 11 is 5.57. The molecule has 13 nitrogen and oxygen atoms in total. The van der Waals surface area contributed by atoms with Gasteiger partial charge in [-0.2, -0.15) is 24.4 Å². The van der Waals surface area contributed by atoms with Crippen LogP contribution in [0.5, 0.6) is 0 Å². The van der Waals surface area contributed by atoms with Crippen LogP contribution in [-0.2, 0) is 30.4 Å². The summed E-state index contributed by atoms with van der Waals surface area (Å²) in [5, 5.41) is 25.2. The number of H-pyrrole nitrogens is 1. The molecule has 3 amide bonds. The third kappa shape index (κ3) is 10.4. The number of thiol groups is 1. The number of carboxylic acid groups (broad SMARTS) is 2. The maximum atomic E-state index is 12.9. The predicted octanol–water partition coefficient (Wildman–Crippen LogP) is -1.63. The number of carbonyl (C=O) groups is 5. The zero-order valence-corrected chi connectivity index (χ0v) is 20.2. The third-order valence-corrected chi connectivity index (χ3v) is 5.67. The van der Waals surface area contributed by atoms with Gasteiger partial charge in [-0.25, -0.2) is 9.78 Å². The first-order valence-electron chi connectivity index (χ1n) is 10.3. The number of aromatic amines is 1. The number of aromatic nitrogens is 2. The second kappa shape index (κ2) is 15.2. The minimum atomic E-state index is -1.46. The Hall–Kier alpha value is -2.78. The van der Waals surface area contributed by atoms with Crippen molar-refractivity contribution in [3.63, 3.8) is 0 Å². The minimum Gasteiger partial charge on any atom is -0.481 e. The van der Waals surface area contributed by atoms with Gasteiger partial charge in [0.2, 0.25) is 17.7 Å². The van der Waals surface area contributed by atoms with Crippen LogP contribution in [0.15, 0.2) is 12.5 Å². The summed E-state index contributed by atoms with van der Waals surface area (Å²) in [5.41, 5.74) is 6.43. The number of imidazole rings is 1. The molecule has 0 aliphatic rings. The lowest BCUT2D eigenvalue weighted by Gasteiger charge is -2.24. The molecule has 0 saturated heterocycles. The number of aliphatic carboxylic acids is 2. The highest BCUT2D eigenvalue weighted by Crippen LogP contribution is 2.04. The Bertz CT molecular complexity index is 839. The number of nitrogens with zero attached hydrogens (tertiary/aromatic N) is 1. The zero-order chi connectivity index (χ0) is 25.7. The van der Waals surface area contributed by atoms with Crippen molar-refractivity contribution < 1.29 is 34.2 Å². The van der Waals surface area contributed by atoms with Gasteiger partial charge in [0.25, 0.3) is 0 Å². The van der Waals surface area contributed by atoms with Gasteiger partial charge in [-0.05, 0) is 24.9 Å². The van der Waals surface area contributed by atoms with Gasteiger partial charge in [0.15, 0.2) is 0 Å². The van der Waals surface area contributed by atoms with Crippen molar-refractivity contribution in [2.45, 2.75) is 49.9 Å². The molecule has 1 aromatic rings. The molecule has 4 unspecified atom stereocenters. The fourth-order valence-corrected chi connectivity index (χ4v) is 3.49. The van der Waals surface area contributed by atoms with Gasteiger partial charge in [0.05, 0.1) is 12.4 Å². The first-order valence-corrected chi connectivity index (χ1v) is 12.3. The van der Waals surface area contributed by atoms with Gasteiger partial charge < -0.3 is 36.9 Å². The molecule has 34 heavy (non-hydrogen) atoms. The third-order valence-electron chi connectivity index (χ3n) is 4.66. The van der Waals surface area contributed by atoms with E-state index in [1.54, 1.807) is 0 Å². The van der Waals surface area contributed by atoms with Gasteiger partial charge in [-0.15, -0.1) is 0 Å². The molecule has 0 aromatic carbocycles. The van der Waals surface area contributed by atoms with Gasteiger partial charge >= 0.3 is 11.9 Å². The van der Waals surface area contributed by atoms with E-state index < -0.39 is 60.2 Å². The highest BCUT2D eigenvalue weighted by Gasteiger charge is 2.30. The van der Waals surface area contributed by atoms with E-state index in [1.165, 1.54) is 24.3 Å².